The second-order valence-corrected chi connectivity index (χ2v) is 6.16. The van der Waals surface area contributed by atoms with Crippen LogP contribution in [0.15, 0.2) is 0 Å². The number of fused-ring (bicyclic) bond motifs is 2. The molecule has 0 aliphatic heterocycles. The molecule has 0 radical (unpaired) electrons. The lowest BCUT2D eigenvalue weighted by Crippen LogP contribution is -2.46. The van der Waals surface area contributed by atoms with Gasteiger partial charge in [0.05, 0.1) is 5.92 Å². The number of carboxylic acid groups (broad SMARTS) is 1. The Morgan fingerprint density at radius 3 is 2.68 bits per heavy atom. The molecule has 1 amide bonds. The van der Waals surface area contributed by atoms with Crippen molar-refractivity contribution in [2.45, 2.75) is 57.5 Å². The summed E-state index contributed by atoms with van der Waals surface area (Å²) in [5.74, 6) is -0.533. The zero-order valence-electron chi connectivity index (χ0n) is 11.5. The molecular formula is C14H24N2O3. The van der Waals surface area contributed by atoms with Crippen molar-refractivity contribution >= 4 is 11.9 Å². The fraction of sp³-hybridized carbons (Fsp3) is 0.857. The van der Waals surface area contributed by atoms with E-state index in [9.17, 15) is 14.7 Å². The Kier molecular flexibility index (Phi) is 4.45. The van der Waals surface area contributed by atoms with Gasteiger partial charge in [0, 0.05) is 18.5 Å². The van der Waals surface area contributed by atoms with E-state index in [2.05, 4.69) is 5.32 Å². The summed E-state index contributed by atoms with van der Waals surface area (Å²) in [6.45, 7) is 1.92. The minimum absolute atomic E-state index is 0.0237. The molecule has 0 aromatic heterocycles. The fourth-order valence-electron chi connectivity index (χ4n) is 3.70. The summed E-state index contributed by atoms with van der Waals surface area (Å²) in [5.41, 5.74) is 5.64. The maximum Gasteiger partial charge on any atom is 0.308 e. The van der Waals surface area contributed by atoms with Gasteiger partial charge in [-0.3, -0.25) is 9.59 Å². The summed E-state index contributed by atoms with van der Waals surface area (Å²) >= 11 is 0. The number of carbonyl (C=O) groups is 2. The van der Waals surface area contributed by atoms with Crippen LogP contribution in [-0.2, 0) is 9.59 Å². The predicted octanol–water partition coefficient (Wildman–Crippen LogP) is 1.12. The number of hydrogen-bond donors (Lipinski definition) is 3. The predicted molar refractivity (Wildman–Crippen MR) is 71.4 cm³/mol. The third-order valence-electron chi connectivity index (χ3n) is 4.59. The molecule has 5 atom stereocenters. The van der Waals surface area contributed by atoms with E-state index in [1.165, 1.54) is 0 Å². The minimum atomic E-state index is -0.756. The number of hydrogen-bond acceptors (Lipinski definition) is 3. The monoisotopic (exact) mass is 268 g/mol. The van der Waals surface area contributed by atoms with Crippen molar-refractivity contribution < 1.29 is 14.7 Å². The molecule has 0 heterocycles. The molecule has 5 heteroatoms. The van der Waals surface area contributed by atoms with Gasteiger partial charge >= 0.3 is 5.97 Å². The summed E-state index contributed by atoms with van der Waals surface area (Å²) < 4.78 is 0. The lowest BCUT2D eigenvalue weighted by Gasteiger charge is -2.28. The van der Waals surface area contributed by atoms with Crippen LogP contribution < -0.4 is 11.1 Å². The number of amides is 1. The average molecular weight is 268 g/mol. The Balaban J connectivity index is 1.84. The van der Waals surface area contributed by atoms with Crippen molar-refractivity contribution in [1.29, 1.82) is 0 Å². The maximum atomic E-state index is 11.9. The van der Waals surface area contributed by atoms with Crippen molar-refractivity contribution in [2.75, 3.05) is 0 Å². The van der Waals surface area contributed by atoms with E-state index in [-0.39, 0.29) is 29.8 Å². The normalized spacial score (nSPS) is 34.2. The number of nitrogens with one attached hydrogen (secondary N) is 1. The van der Waals surface area contributed by atoms with Crippen molar-refractivity contribution in [3.63, 3.8) is 0 Å². The maximum absolute atomic E-state index is 11.9. The van der Waals surface area contributed by atoms with Crippen LogP contribution in [0.4, 0.5) is 0 Å². The lowest BCUT2D eigenvalue weighted by molar-refractivity contribution is -0.144. The zero-order valence-corrected chi connectivity index (χ0v) is 11.5. The first-order valence-corrected chi connectivity index (χ1v) is 7.26. The van der Waals surface area contributed by atoms with Crippen LogP contribution in [0.3, 0.4) is 0 Å². The number of carboxylic acids is 1. The Bertz CT molecular complexity index is 357. The molecular weight excluding hydrogens is 244 g/mol. The highest BCUT2D eigenvalue weighted by Crippen LogP contribution is 2.48. The van der Waals surface area contributed by atoms with E-state index < -0.39 is 5.97 Å². The first kappa shape index (κ1) is 14.3. The third kappa shape index (κ3) is 3.26. The fourth-order valence-corrected chi connectivity index (χ4v) is 3.70. The van der Waals surface area contributed by atoms with Gasteiger partial charge in [0.15, 0.2) is 0 Å². The highest BCUT2D eigenvalue weighted by Gasteiger charge is 2.51. The van der Waals surface area contributed by atoms with E-state index in [1.807, 2.05) is 6.92 Å². The van der Waals surface area contributed by atoms with Gasteiger partial charge in [-0.2, -0.15) is 0 Å². The van der Waals surface area contributed by atoms with Gasteiger partial charge in [0.2, 0.25) is 5.91 Å². The molecule has 2 fully saturated rings. The molecule has 2 bridgehead atoms. The highest BCUT2D eigenvalue weighted by molar-refractivity contribution is 5.78. The van der Waals surface area contributed by atoms with Crippen LogP contribution in [0.1, 0.15) is 45.4 Å². The van der Waals surface area contributed by atoms with Crippen molar-refractivity contribution in [3.8, 4) is 0 Å². The van der Waals surface area contributed by atoms with Gasteiger partial charge < -0.3 is 16.2 Å². The van der Waals surface area contributed by atoms with E-state index >= 15 is 0 Å². The molecule has 5 nitrogen and oxygen atoms in total. The molecule has 108 valence electrons. The van der Waals surface area contributed by atoms with Crippen LogP contribution in [0, 0.1) is 17.8 Å². The molecule has 0 saturated heterocycles. The van der Waals surface area contributed by atoms with Crippen LogP contribution in [0.5, 0.6) is 0 Å². The van der Waals surface area contributed by atoms with Gasteiger partial charge in [-0.1, -0.05) is 0 Å². The largest absolute Gasteiger partial charge is 0.481 e. The summed E-state index contributed by atoms with van der Waals surface area (Å²) in [6, 6.07) is -0.0406. The first-order chi connectivity index (χ1) is 8.99. The van der Waals surface area contributed by atoms with Gasteiger partial charge in [0.25, 0.3) is 0 Å². The van der Waals surface area contributed by atoms with Gasteiger partial charge in [-0.15, -0.1) is 0 Å². The Hall–Kier alpha value is -1.10. The van der Waals surface area contributed by atoms with Crippen molar-refractivity contribution in [3.05, 3.63) is 0 Å². The van der Waals surface area contributed by atoms with Gasteiger partial charge in [0.1, 0.15) is 0 Å². The minimum Gasteiger partial charge on any atom is -0.481 e. The topological polar surface area (TPSA) is 92.4 Å². The third-order valence-corrected chi connectivity index (χ3v) is 4.59. The number of aliphatic carboxylic acids is 1. The van der Waals surface area contributed by atoms with Gasteiger partial charge in [-0.05, 0) is 50.9 Å². The number of rotatable bonds is 6. The van der Waals surface area contributed by atoms with Gasteiger partial charge in [-0.25, -0.2) is 0 Å². The molecule has 2 rings (SSSR count). The average Bonchev–Trinajstić information content (AvgIpc) is 2.88. The molecule has 19 heavy (non-hydrogen) atoms. The number of carbonyl (C=O) groups excluding carboxylic acids is 1. The van der Waals surface area contributed by atoms with Crippen molar-refractivity contribution in [1.82, 2.24) is 5.32 Å². The van der Waals surface area contributed by atoms with Crippen LogP contribution in [0.25, 0.3) is 0 Å². The number of nitrogens with two attached hydrogens (primary N) is 1. The van der Waals surface area contributed by atoms with E-state index in [1.54, 1.807) is 0 Å². The lowest BCUT2D eigenvalue weighted by atomic mass is 9.84. The highest BCUT2D eigenvalue weighted by atomic mass is 16.4. The molecule has 0 aromatic rings. The second-order valence-electron chi connectivity index (χ2n) is 6.16. The SMILES string of the molecule is CC(N)CCCC(=O)NC1C2CCC(C2)C1C(=O)O. The zero-order chi connectivity index (χ0) is 14.0. The summed E-state index contributed by atoms with van der Waals surface area (Å²) in [5, 5.41) is 12.3. The Labute approximate surface area is 113 Å². The molecule has 4 N–H and O–H groups in total. The second kappa shape index (κ2) is 5.90. The summed E-state index contributed by atoms with van der Waals surface area (Å²) in [4.78, 5) is 23.2. The molecule has 0 spiro atoms. The molecule has 5 unspecified atom stereocenters. The molecule has 2 saturated carbocycles. The standard InChI is InChI=1S/C14H24N2O3/c1-8(15)3-2-4-11(17)16-13-10-6-5-9(7-10)12(13)14(18)19/h8-10,12-13H,2-7,15H2,1H3,(H,16,17)(H,18,19). The van der Waals surface area contributed by atoms with E-state index in [0.29, 0.717) is 12.3 Å². The molecule has 0 aromatic carbocycles. The molecule has 2 aliphatic carbocycles. The van der Waals surface area contributed by atoms with Crippen LogP contribution >= 0.6 is 0 Å². The first-order valence-electron chi connectivity index (χ1n) is 7.26. The summed E-state index contributed by atoms with van der Waals surface area (Å²) in [6.07, 6.45) is 5.05. The summed E-state index contributed by atoms with van der Waals surface area (Å²) in [7, 11) is 0. The van der Waals surface area contributed by atoms with Crippen LogP contribution in [0.2, 0.25) is 0 Å². The Morgan fingerprint density at radius 1 is 1.37 bits per heavy atom. The molecule has 2 aliphatic rings. The van der Waals surface area contributed by atoms with Crippen LogP contribution in [-0.4, -0.2) is 29.1 Å². The van der Waals surface area contributed by atoms with E-state index in [0.717, 1.165) is 32.1 Å². The smallest absolute Gasteiger partial charge is 0.308 e. The van der Waals surface area contributed by atoms with Crippen molar-refractivity contribution in [2.24, 2.45) is 23.5 Å². The van der Waals surface area contributed by atoms with E-state index in [4.69, 9.17) is 5.73 Å². The quantitative estimate of drug-likeness (QED) is 0.673. The Morgan fingerprint density at radius 2 is 2.05 bits per heavy atom.